The maximum absolute atomic E-state index is 12.7. The first-order valence-corrected chi connectivity index (χ1v) is 10.8. The van der Waals surface area contributed by atoms with Gasteiger partial charge < -0.3 is 14.2 Å². The monoisotopic (exact) mass is 529 g/mol. The van der Waals surface area contributed by atoms with Crippen LogP contribution in [-0.4, -0.2) is 34.7 Å². The summed E-state index contributed by atoms with van der Waals surface area (Å²) < 4.78 is 17.9. The number of hydrogen-bond acceptors (Lipinski definition) is 6. The molecule has 0 saturated heterocycles. The maximum atomic E-state index is 12.7. The van der Waals surface area contributed by atoms with Crippen LogP contribution in [0.5, 0.6) is 11.5 Å². The van der Waals surface area contributed by atoms with E-state index in [1.54, 1.807) is 32.2 Å². The van der Waals surface area contributed by atoms with E-state index in [0.717, 1.165) is 14.6 Å². The van der Waals surface area contributed by atoms with Crippen molar-refractivity contribution in [2.24, 2.45) is 0 Å². The molecular formula is C23H20IN3O4. The molecule has 7 nitrogen and oxygen atoms in total. The van der Waals surface area contributed by atoms with E-state index >= 15 is 0 Å². The van der Waals surface area contributed by atoms with Gasteiger partial charge in [0.15, 0.2) is 0 Å². The number of benzene rings is 3. The summed E-state index contributed by atoms with van der Waals surface area (Å²) in [6.07, 6.45) is -0.936. The maximum Gasteiger partial charge on any atom is 0.352 e. The predicted molar refractivity (Wildman–Crippen MR) is 125 cm³/mol. The summed E-state index contributed by atoms with van der Waals surface area (Å²) in [6.45, 7) is 2.02. The molecular weight excluding hydrogens is 509 g/mol. The highest BCUT2D eigenvalue weighted by atomic mass is 127. The zero-order valence-electron chi connectivity index (χ0n) is 17.0. The summed E-state index contributed by atoms with van der Waals surface area (Å²) in [5, 5.41) is 9.09. The zero-order valence-corrected chi connectivity index (χ0v) is 19.1. The molecule has 0 bridgehead atoms. The predicted octanol–water partition coefficient (Wildman–Crippen LogP) is 4.72. The Morgan fingerprint density at radius 2 is 1.71 bits per heavy atom. The van der Waals surface area contributed by atoms with Crippen LogP contribution >= 0.6 is 22.6 Å². The van der Waals surface area contributed by atoms with Crippen molar-refractivity contribution in [2.75, 3.05) is 13.7 Å². The molecule has 1 heterocycles. The fourth-order valence-corrected chi connectivity index (χ4v) is 3.44. The zero-order chi connectivity index (χ0) is 21.8. The van der Waals surface area contributed by atoms with Crippen LogP contribution in [0.2, 0.25) is 0 Å². The molecule has 0 fully saturated rings. The van der Waals surface area contributed by atoms with Crippen LogP contribution in [0, 0.1) is 3.57 Å². The summed E-state index contributed by atoms with van der Waals surface area (Å²) in [7, 11) is 1.58. The molecule has 0 aliphatic carbocycles. The van der Waals surface area contributed by atoms with Gasteiger partial charge in [-0.25, -0.2) is 4.79 Å². The summed E-state index contributed by atoms with van der Waals surface area (Å²) in [5.41, 5.74) is 2.74. The van der Waals surface area contributed by atoms with Crippen LogP contribution in [0.25, 0.3) is 16.7 Å². The molecule has 0 saturated carbocycles. The van der Waals surface area contributed by atoms with Crippen molar-refractivity contribution < 1.29 is 19.0 Å². The van der Waals surface area contributed by atoms with Crippen LogP contribution < -0.4 is 9.47 Å². The molecule has 0 aliphatic rings. The van der Waals surface area contributed by atoms with Crippen molar-refractivity contribution in [3.05, 3.63) is 75.9 Å². The molecule has 0 amide bonds. The number of hydrogen-bond donors (Lipinski definition) is 0. The van der Waals surface area contributed by atoms with Gasteiger partial charge in [0.25, 0.3) is 0 Å². The Bertz CT molecular complexity index is 1170. The molecule has 31 heavy (non-hydrogen) atoms. The second kappa shape index (κ2) is 9.34. The Morgan fingerprint density at radius 3 is 2.32 bits per heavy atom. The SMILES string of the molecule is CCOC(=O)C(Oc1ccc(OC)cc1-n1nc2ccccc2n1)c1ccc(I)cc1. The molecule has 4 aromatic rings. The number of halogens is 1. The van der Waals surface area contributed by atoms with Gasteiger partial charge in [-0.2, -0.15) is 0 Å². The highest BCUT2D eigenvalue weighted by Crippen LogP contribution is 2.32. The number of rotatable bonds is 7. The molecule has 0 N–H and O–H groups in total. The normalized spacial score (nSPS) is 11.8. The van der Waals surface area contributed by atoms with Crippen LogP contribution in [0.3, 0.4) is 0 Å². The van der Waals surface area contributed by atoms with Gasteiger partial charge in [0, 0.05) is 15.2 Å². The van der Waals surface area contributed by atoms with E-state index in [0.29, 0.717) is 22.7 Å². The fourth-order valence-electron chi connectivity index (χ4n) is 3.08. The van der Waals surface area contributed by atoms with Crippen LogP contribution in [0.15, 0.2) is 66.7 Å². The summed E-state index contributed by atoms with van der Waals surface area (Å²) >= 11 is 2.21. The molecule has 8 heteroatoms. The van der Waals surface area contributed by atoms with Crippen molar-refractivity contribution >= 4 is 39.6 Å². The molecule has 4 rings (SSSR count). The first kappa shape index (κ1) is 21.1. The molecule has 1 unspecified atom stereocenters. The van der Waals surface area contributed by atoms with E-state index in [-0.39, 0.29) is 6.61 Å². The second-order valence-electron chi connectivity index (χ2n) is 6.61. The van der Waals surface area contributed by atoms with Gasteiger partial charge >= 0.3 is 5.97 Å². The van der Waals surface area contributed by atoms with E-state index < -0.39 is 12.1 Å². The number of nitrogens with zero attached hydrogens (tertiary/aromatic N) is 3. The Hall–Kier alpha value is -3.14. The minimum Gasteiger partial charge on any atom is -0.497 e. The Kier molecular flexibility index (Phi) is 6.36. The van der Waals surface area contributed by atoms with Gasteiger partial charge in [-0.3, -0.25) is 0 Å². The lowest BCUT2D eigenvalue weighted by Crippen LogP contribution is -2.22. The second-order valence-corrected chi connectivity index (χ2v) is 7.86. The summed E-state index contributed by atoms with van der Waals surface area (Å²) in [6, 6.07) is 20.4. The number of carbonyl (C=O) groups excluding carboxylic acids is 1. The van der Waals surface area contributed by atoms with Crippen molar-refractivity contribution in [2.45, 2.75) is 13.0 Å². The minimum atomic E-state index is -0.936. The lowest BCUT2D eigenvalue weighted by Gasteiger charge is -2.20. The standard InChI is InChI=1S/C23H20IN3O4/c1-3-30-23(28)22(15-8-10-16(24)11-9-15)31-21-13-12-17(29-2)14-20(21)27-25-18-6-4-5-7-19(18)26-27/h4-14,22H,3H2,1-2H3. The molecule has 1 aromatic heterocycles. The number of methoxy groups -OCH3 is 1. The average Bonchev–Trinajstić information content (AvgIpc) is 3.22. The minimum absolute atomic E-state index is 0.255. The Balaban J connectivity index is 1.78. The van der Waals surface area contributed by atoms with E-state index in [1.807, 2.05) is 48.5 Å². The van der Waals surface area contributed by atoms with E-state index in [9.17, 15) is 4.79 Å². The smallest absolute Gasteiger partial charge is 0.352 e. The molecule has 0 radical (unpaired) electrons. The average molecular weight is 529 g/mol. The molecule has 158 valence electrons. The van der Waals surface area contributed by atoms with Crippen molar-refractivity contribution in [1.29, 1.82) is 0 Å². The first-order chi connectivity index (χ1) is 15.1. The third-order valence-corrected chi connectivity index (χ3v) is 5.31. The van der Waals surface area contributed by atoms with Gasteiger partial charge in [-0.15, -0.1) is 15.0 Å². The molecule has 3 aromatic carbocycles. The van der Waals surface area contributed by atoms with Gasteiger partial charge in [0.1, 0.15) is 28.2 Å². The first-order valence-electron chi connectivity index (χ1n) is 9.68. The van der Waals surface area contributed by atoms with Crippen LogP contribution in [-0.2, 0) is 9.53 Å². The third kappa shape index (κ3) is 4.63. The van der Waals surface area contributed by atoms with Gasteiger partial charge in [0.2, 0.25) is 6.10 Å². The third-order valence-electron chi connectivity index (χ3n) is 4.59. The molecule has 0 spiro atoms. The van der Waals surface area contributed by atoms with E-state index in [4.69, 9.17) is 14.2 Å². The molecule has 0 aliphatic heterocycles. The van der Waals surface area contributed by atoms with Crippen molar-refractivity contribution in [3.63, 3.8) is 0 Å². The van der Waals surface area contributed by atoms with Gasteiger partial charge in [-0.1, -0.05) is 24.3 Å². The fraction of sp³-hybridized carbons (Fsp3) is 0.174. The van der Waals surface area contributed by atoms with Gasteiger partial charge in [-0.05, 0) is 65.9 Å². The Labute approximate surface area is 193 Å². The van der Waals surface area contributed by atoms with E-state index in [1.165, 1.54) is 4.80 Å². The lowest BCUT2D eigenvalue weighted by molar-refractivity contribution is -0.151. The quantitative estimate of drug-likeness (QED) is 0.255. The van der Waals surface area contributed by atoms with Crippen LogP contribution in [0.1, 0.15) is 18.6 Å². The van der Waals surface area contributed by atoms with Crippen LogP contribution in [0.4, 0.5) is 0 Å². The highest BCUT2D eigenvalue weighted by Gasteiger charge is 2.26. The topological polar surface area (TPSA) is 75.5 Å². The lowest BCUT2D eigenvalue weighted by atomic mass is 10.1. The number of esters is 1. The summed E-state index contributed by atoms with van der Waals surface area (Å²) in [5.74, 6) is 0.576. The number of fused-ring (bicyclic) bond motifs is 1. The summed E-state index contributed by atoms with van der Waals surface area (Å²) in [4.78, 5) is 14.2. The highest BCUT2D eigenvalue weighted by molar-refractivity contribution is 14.1. The van der Waals surface area contributed by atoms with E-state index in [2.05, 4.69) is 32.8 Å². The number of aromatic nitrogens is 3. The van der Waals surface area contributed by atoms with Crippen molar-refractivity contribution in [3.8, 4) is 17.2 Å². The Morgan fingerprint density at radius 1 is 1.03 bits per heavy atom. The molecule has 1 atom stereocenters. The number of ether oxygens (including phenoxy) is 3. The largest absolute Gasteiger partial charge is 0.497 e. The number of carbonyl (C=O) groups is 1. The van der Waals surface area contributed by atoms with Gasteiger partial charge in [0.05, 0.1) is 13.7 Å². The van der Waals surface area contributed by atoms with Crippen molar-refractivity contribution in [1.82, 2.24) is 15.0 Å².